The molecule has 0 saturated carbocycles. The van der Waals surface area contributed by atoms with Crippen LogP contribution in [0, 0.1) is 6.92 Å². The molecule has 0 aliphatic rings. The molecule has 1 nitrogen and oxygen atoms in total. The lowest BCUT2D eigenvalue weighted by Crippen LogP contribution is -2.02. The molecule has 0 fully saturated rings. The molecule has 2 rings (SSSR count). The van der Waals surface area contributed by atoms with Gasteiger partial charge in [-0.2, -0.15) is 0 Å². The van der Waals surface area contributed by atoms with Gasteiger partial charge in [-0.05, 0) is 43.0 Å². The highest BCUT2D eigenvalue weighted by Gasteiger charge is 2.07. The van der Waals surface area contributed by atoms with Crippen molar-refractivity contribution in [1.82, 2.24) is 0 Å². The number of hydrogen-bond donors (Lipinski definition) is 1. The summed E-state index contributed by atoms with van der Waals surface area (Å²) >= 11 is 5.33. The van der Waals surface area contributed by atoms with Crippen LogP contribution >= 0.6 is 27.3 Å². The van der Waals surface area contributed by atoms with Gasteiger partial charge in [0.1, 0.15) is 0 Å². The van der Waals surface area contributed by atoms with Crippen molar-refractivity contribution in [2.45, 2.75) is 13.3 Å². The molecule has 0 aliphatic heterocycles. The van der Waals surface area contributed by atoms with E-state index < -0.39 is 0 Å². The highest BCUT2D eigenvalue weighted by molar-refractivity contribution is 9.10. The Morgan fingerprint density at radius 3 is 2.93 bits per heavy atom. The van der Waals surface area contributed by atoms with Gasteiger partial charge in [0.15, 0.2) is 0 Å². The fraction of sp³-hybridized carbons (Fsp3) is 0.273. The Hall–Kier alpha value is -0.380. The summed E-state index contributed by atoms with van der Waals surface area (Å²) in [4.78, 5) is 1.39. The van der Waals surface area contributed by atoms with E-state index >= 15 is 0 Å². The van der Waals surface area contributed by atoms with Crippen LogP contribution in [-0.4, -0.2) is 6.54 Å². The molecule has 2 aromatic rings. The molecule has 0 bridgehead atoms. The topological polar surface area (TPSA) is 26.0 Å². The van der Waals surface area contributed by atoms with Crippen molar-refractivity contribution in [3.05, 3.63) is 33.1 Å². The maximum absolute atomic E-state index is 5.60. The average Bonchev–Trinajstić information content (AvgIpc) is 2.43. The van der Waals surface area contributed by atoms with Gasteiger partial charge in [-0.25, -0.2) is 0 Å². The number of fused-ring (bicyclic) bond motifs is 1. The molecule has 1 aromatic carbocycles. The number of nitrogens with two attached hydrogens (primary N) is 1. The summed E-state index contributed by atoms with van der Waals surface area (Å²) in [6.07, 6.45) is 0.980. The van der Waals surface area contributed by atoms with Gasteiger partial charge < -0.3 is 5.73 Å². The maximum Gasteiger partial charge on any atom is 0.0359 e. The predicted molar refractivity (Wildman–Crippen MR) is 67.0 cm³/mol. The zero-order chi connectivity index (χ0) is 10.1. The van der Waals surface area contributed by atoms with Crippen LogP contribution in [-0.2, 0) is 6.42 Å². The lowest BCUT2D eigenvalue weighted by Gasteiger charge is -1.98. The Balaban J connectivity index is 2.64. The van der Waals surface area contributed by atoms with Crippen molar-refractivity contribution in [1.29, 1.82) is 0 Å². The quantitative estimate of drug-likeness (QED) is 0.888. The molecule has 14 heavy (non-hydrogen) atoms. The van der Waals surface area contributed by atoms with Crippen LogP contribution in [0.4, 0.5) is 0 Å². The van der Waals surface area contributed by atoms with Gasteiger partial charge in [0.2, 0.25) is 0 Å². The maximum atomic E-state index is 5.60. The second-order valence-electron chi connectivity index (χ2n) is 3.32. The number of rotatable bonds is 2. The summed E-state index contributed by atoms with van der Waals surface area (Å²) in [6.45, 7) is 2.90. The van der Waals surface area contributed by atoms with Gasteiger partial charge in [0.05, 0.1) is 0 Å². The van der Waals surface area contributed by atoms with E-state index in [9.17, 15) is 0 Å². The Labute approximate surface area is 96.1 Å². The Kier molecular flexibility index (Phi) is 2.91. The number of benzene rings is 1. The molecule has 3 heteroatoms. The molecule has 0 unspecified atom stereocenters. The van der Waals surface area contributed by atoms with Crippen LogP contribution in [0.5, 0.6) is 0 Å². The standard InChI is InChI=1S/C11H12BrNS/c1-7-9(4-5-13)10-3-2-8(12)6-11(10)14-7/h2-3,6H,4-5,13H2,1H3. The van der Waals surface area contributed by atoms with Crippen LogP contribution in [0.2, 0.25) is 0 Å². The van der Waals surface area contributed by atoms with Crippen molar-refractivity contribution < 1.29 is 0 Å². The molecule has 0 aliphatic carbocycles. The van der Waals surface area contributed by atoms with Crippen molar-refractivity contribution in [3.8, 4) is 0 Å². The first-order valence-electron chi connectivity index (χ1n) is 4.60. The van der Waals surface area contributed by atoms with Gasteiger partial charge in [0, 0.05) is 14.0 Å². The zero-order valence-electron chi connectivity index (χ0n) is 8.01. The van der Waals surface area contributed by atoms with E-state index in [1.807, 2.05) is 11.3 Å². The second kappa shape index (κ2) is 4.01. The van der Waals surface area contributed by atoms with Gasteiger partial charge >= 0.3 is 0 Å². The average molecular weight is 270 g/mol. The Morgan fingerprint density at radius 2 is 2.21 bits per heavy atom. The lowest BCUT2D eigenvalue weighted by molar-refractivity contribution is 0.974. The summed E-state index contributed by atoms with van der Waals surface area (Å²) in [7, 11) is 0. The van der Waals surface area contributed by atoms with E-state index in [4.69, 9.17) is 5.73 Å². The Bertz CT molecular complexity index is 462. The third kappa shape index (κ3) is 1.72. The van der Waals surface area contributed by atoms with E-state index in [0.29, 0.717) is 0 Å². The fourth-order valence-corrected chi connectivity index (χ4v) is 3.37. The van der Waals surface area contributed by atoms with Crippen LogP contribution < -0.4 is 5.73 Å². The van der Waals surface area contributed by atoms with Crippen molar-refractivity contribution in [3.63, 3.8) is 0 Å². The van der Waals surface area contributed by atoms with Crippen LogP contribution in [0.1, 0.15) is 10.4 Å². The predicted octanol–water partition coefficient (Wildman–Crippen LogP) is 3.47. The third-order valence-electron chi connectivity index (χ3n) is 2.35. The SMILES string of the molecule is Cc1sc2cc(Br)ccc2c1CCN. The molecule has 2 N–H and O–H groups in total. The second-order valence-corrected chi connectivity index (χ2v) is 5.49. The van der Waals surface area contributed by atoms with Gasteiger partial charge in [0.25, 0.3) is 0 Å². The first-order valence-corrected chi connectivity index (χ1v) is 6.21. The summed E-state index contributed by atoms with van der Waals surface area (Å²) in [6, 6.07) is 6.44. The van der Waals surface area contributed by atoms with E-state index in [2.05, 4.69) is 41.1 Å². The highest BCUT2D eigenvalue weighted by atomic mass is 79.9. The van der Waals surface area contributed by atoms with Crippen molar-refractivity contribution in [2.75, 3.05) is 6.54 Å². The minimum Gasteiger partial charge on any atom is -0.330 e. The monoisotopic (exact) mass is 269 g/mol. The normalized spacial score (nSPS) is 11.1. The molecule has 0 saturated heterocycles. The summed E-state index contributed by atoms with van der Waals surface area (Å²) in [5, 5.41) is 1.36. The highest BCUT2D eigenvalue weighted by Crippen LogP contribution is 2.32. The largest absolute Gasteiger partial charge is 0.330 e. The van der Waals surface area contributed by atoms with E-state index in [1.54, 1.807) is 0 Å². The molecule has 0 spiro atoms. The summed E-state index contributed by atoms with van der Waals surface area (Å²) in [5.41, 5.74) is 7.02. The Morgan fingerprint density at radius 1 is 1.43 bits per heavy atom. The molecule has 1 aromatic heterocycles. The number of thiophene rings is 1. The molecule has 0 atom stereocenters. The number of halogens is 1. The zero-order valence-corrected chi connectivity index (χ0v) is 10.4. The number of hydrogen-bond acceptors (Lipinski definition) is 2. The molecule has 0 amide bonds. The first kappa shape index (κ1) is 10.1. The van der Waals surface area contributed by atoms with E-state index in [1.165, 1.54) is 20.5 Å². The van der Waals surface area contributed by atoms with Crippen LogP contribution in [0.3, 0.4) is 0 Å². The third-order valence-corrected chi connectivity index (χ3v) is 3.95. The van der Waals surface area contributed by atoms with E-state index in [0.717, 1.165) is 17.4 Å². The van der Waals surface area contributed by atoms with E-state index in [-0.39, 0.29) is 0 Å². The molecular formula is C11H12BrNS. The minimum absolute atomic E-state index is 0.725. The van der Waals surface area contributed by atoms with Gasteiger partial charge in [-0.3, -0.25) is 0 Å². The minimum atomic E-state index is 0.725. The van der Waals surface area contributed by atoms with Crippen LogP contribution in [0.25, 0.3) is 10.1 Å². The fourth-order valence-electron chi connectivity index (χ4n) is 1.70. The molecular weight excluding hydrogens is 258 g/mol. The van der Waals surface area contributed by atoms with Gasteiger partial charge in [-0.15, -0.1) is 11.3 Å². The summed E-state index contributed by atoms with van der Waals surface area (Å²) < 4.78 is 2.49. The van der Waals surface area contributed by atoms with Gasteiger partial charge in [-0.1, -0.05) is 22.0 Å². The summed E-state index contributed by atoms with van der Waals surface area (Å²) in [5.74, 6) is 0. The molecule has 1 heterocycles. The smallest absolute Gasteiger partial charge is 0.0359 e. The van der Waals surface area contributed by atoms with Crippen molar-refractivity contribution >= 4 is 37.4 Å². The van der Waals surface area contributed by atoms with Crippen LogP contribution in [0.15, 0.2) is 22.7 Å². The lowest BCUT2D eigenvalue weighted by atomic mass is 10.1. The van der Waals surface area contributed by atoms with Crippen molar-refractivity contribution in [2.24, 2.45) is 5.73 Å². The molecule has 0 radical (unpaired) electrons. The molecule has 74 valence electrons. The number of aryl methyl sites for hydroxylation is 1. The first-order chi connectivity index (χ1) is 6.72.